The van der Waals surface area contributed by atoms with Crippen molar-refractivity contribution >= 4 is 35.1 Å². The largest absolute Gasteiger partial charge is 0.375 e. The van der Waals surface area contributed by atoms with E-state index in [1.807, 2.05) is 13.8 Å². The number of hydrogen-bond acceptors (Lipinski definition) is 4. The summed E-state index contributed by atoms with van der Waals surface area (Å²) in [7, 11) is 3.26. The van der Waals surface area contributed by atoms with Gasteiger partial charge in [-0.1, -0.05) is 25.4 Å². The van der Waals surface area contributed by atoms with Crippen LogP contribution in [0.15, 0.2) is 18.2 Å². The van der Waals surface area contributed by atoms with E-state index < -0.39 is 11.9 Å². The second-order valence-electron chi connectivity index (χ2n) is 5.90. The Labute approximate surface area is 146 Å². The summed E-state index contributed by atoms with van der Waals surface area (Å²) < 4.78 is 0. The van der Waals surface area contributed by atoms with Crippen LogP contribution in [0.2, 0.25) is 5.02 Å². The molecular formula is C16H23ClN4O3. The number of carbonyl (C=O) groups excluding carboxylic acids is 3. The lowest BCUT2D eigenvalue weighted by atomic mass is 10.1. The van der Waals surface area contributed by atoms with Gasteiger partial charge < -0.3 is 15.5 Å². The normalized spacial score (nSPS) is 10.2. The van der Waals surface area contributed by atoms with Crippen LogP contribution >= 0.6 is 11.6 Å². The number of hydrogen-bond donors (Lipinski definition) is 3. The van der Waals surface area contributed by atoms with Crippen LogP contribution in [0.3, 0.4) is 0 Å². The first-order chi connectivity index (χ1) is 11.2. The first-order valence-electron chi connectivity index (χ1n) is 7.53. The van der Waals surface area contributed by atoms with Crippen LogP contribution in [0.4, 0.5) is 10.5 Å². The van der Waals surface area contributed by atoms with E-state index >= 15 is 0 Å². The Kier molecular flexibility index (Phi) is 7.51. The molecule has 1 aromatic rings. The predicted octanol–water partition coefficient (Wildman–Crippen LogP) is 1.94. The van der Waals surface area contributed by atoms with Crippen molar-refractivity contribution in [1.29, 1.82) is 0 Å². The zero-order chi connectivity index (χ0) is 18.3. The number of imide groups is 1. The van der Waals surface area contributed by atoms with E-state index in [1.165, 1.54) is 4.90 Å². The second-order valence-corrected chi connectivity index (χ2v) is 6.33. The molecule has 0 saturated heterocycles. The quantitative estimate of drug-likeness (QED) is 0.728. The van der Waals surface area contributed by atoms with Gasteiger partial charge in [0, 0.05) is 31.4 Å². The molecule has 0 aliphatic heterocycles. The summed E-state index contributed by atoms with van der Waals surface area (Å²) in [6.45, 7) is 4.21. The van der Waals surface area contributed by atoms with E-state index in [-0.39, 0.29) is 18.4 Å². The van der Waals surface area contributed by atoms with Crippen molar-refractivity contribution in [1.82, 2.24) is 15.5 Å². The van der Waals surface area contributed by atoms with Gasteiger partial charge in [0.1, 0.15) is 0 Å². The lowest BCUT2D eigenvalue weighted by Crippen LogP contribution is -2.43. The number of carbonyl (C=O) groups is 3. The summed E-state index contributed by atoms with van der Waals surface area (Å²) in [6.07, 6.45) is 0. The van der Waals surface area contributed by atoms with Crippen molar-refractivity contribution in [3.05, 3.63) is 28.8 Å². The van der Waals surface area contributed by atoms with Gasteiger partial charge in [0.2, 0.25) is 5.91 Å². The van der Waals surface area contributed by atoms with Crippen LogP contribution in [-0.2, 0) is 4.79 Å². The second kappa shape index (κ2) is 9.12. The smallest absolute Gasteiger partial charge is 0.321 e. The highest BCUT2D eigenvalue weighted by atomic mass is 35.5. The number of benzene rings is 1. The number of nitrogens with one attached hydrogen (secondary N) is 3. The van der Waals surface area contributed by atoms with Crippen molar-refractivity contribution in [2.75, 3.05) is 32.5 Å². The van der Waals surface area contributed by atoms with Gasteiger partial charge in [0.25, 0.3) is 5.91 Å². The van der Waals surface area contributed by atoms with Crippen molar-refractivity contribution in [3.8, 4) is 0 Å². The van der Waals surface area contributed by atoms with Crippen LogP contribution < -0.4 is 16.0 Å². The maximum Gasteiger partial charge on any atom is 0.321 e. The van der Waals surface area contributed by atoms with Gasteiger partial charge in [-0.25, -0.2) is 4.79 Å². The molecule has 3 N–H and O–H groups in total. The van der Waals surface area contributed by atoms with Gasteiger partial charge in [0.05, 0.1) is 12.1 Å². The van der Waals surface area contributed by atoms with Crippen molar-refractivity contribution in [2.45, 2.75) is 13.8 Å². The molecule has 1 aromatic carbocycles. The standard InChI is InChI=1S/C16H23ClN4O3/c1-10(2)8-19-16(24)20-14(22)9-18-13-7-11(17)5-6-12(13)15(23)21(3)4/h5-7,10,18H,8-9H2,1-4H3,(H2,19,20,22,24). The fourth-order valence-electron chi connectivity index (χ4n) is 1.78. The molecule has 8 heteroatoms. The van der Waals surface area contributed by atoms with E-state index in [4.69, 9.17) is 11.6 Å². The molecule has 0 heterocycles. The fraction of sp³-hybridized carbons (Fsp3) is 0.438. The van der Waals surface area contributed by atoms with Gasteiger partial charge in [-0.15, -0.1) is 0 Å². The third-order valence-corrected chi connectivity index (χ3v) is 3.22. The van der Waals surface area contributed by atoms with Crippen molar-refractivity contribution in [3.63, 3.8) is 0 Å². The van der Waals surface area contributed by atoms with Crippen LogP contribution in [0, 0.1) is 5.92 Å². The first-order valence-corrected chi connectivity index (χ1v) is 7.91. The highest BCUT2D eigenvalue weighted by Gasteiger charge is 2.15. The minimum atomic E-state index is -0.550. The molecule has 0 aliphatic carbocycles. The number of urea groups is 1. The van der Waals surface area contributed by atoms with Gasteiger partial charge >= 0.3 is 6.03 Å². The zero-order valence-electron chi connectivity index (χ0n) is 14.3. The Balaban J connectivity index is 2.66. The molecule has 0 spiro atoms. The highest BCUT2D eigenvalue weighted by molar-refractivity contribution is 6.31. The maximum atomic E-state index is 12.1. The molecule has 24 heavy (non-hydrogen) atoms. The zero-order valence-corrected chi connectivity index (χ0v) is 15.0. The SMILES string of the molecule is CC(C)CNC(=O)NC(=O)CNc1cc(Cl)ccc1C(=O)N(C)C. The van der Waals surface area contributed by atoms with Crippen LogP contribution in [0.5, 0.6) is 0 Å². The molecule has 0 atom stereocenters. The molecule has 0 unspecified atom stereocenters. The summed E-state index contributed by atoms with van der Waals surface area (Å²) in [5.41, 5.74) is 0.820. The van der Waals surface area contributed by atoms with Crippen molar-refractivity contribution in [2.24, 2.45) is 5.92 Å². The van der Waals surface area contributed by atoms with E-state index in [0.29, 0.717) is 22.8 Å². The Morgan fingerprint density at radius 2 is 1.88 bits per heavy atom. The average Bonchev–Trinajstić information content (AvgIpc) is 2.50. The number of halogens is 1. The third kappa shape index (κ3) is 6.45. The van der Waals surface area contributed by atoms with E-state index in [1.54, 1.807) is 32.3 Å². The fourth-order valence-corrected chi connectivity index (χ4v) is 1.95. The highest BCUT2D eigenvalue weighted by Crippen LogP contribution is 2.22. The minimum absolute atomic E-state index is 0.164. The van der Waals surface area contributed by atoms with E-state index in [2.05, 4.69) is 16.0 Å². The third-order valence-electron chi connectivity index (χ3n) is 2.98. The van der Waals surface area contributed by atoms with Crippen LogP contribution in [0.1, 0.15) is 24.2 Å². The summed E-state index contributed by atoms with van der Waals surface area (Å²) in [5, 5.41) is 8.07. The van der Waals surface area contributed by atoms with Gasteiger partial charge in [0.15, 0.2) is 0 Å². The van der Waals surface area contributed by atoms with E-state index in [9.17, 15) is 14.4 Å². The molecular weight excluding hydrogens is 332 g/mol. The van der Waals surface area contributed by atoms with Gasteiger partial charge in [-0.2, -0.15) is 0 Å². The predicted molar refractivity (Wildman–Crippen MR) is 94.3 cm³/mol. The number of rotatable bonds is 6. The monoisotopic (exact) mass is 354 g/mol. The molecule has 0 bridgehead atoms. The molecule has 4 amide bonds. The Hall–Kier alpha value is -2.28. The molecule has 0 radical (unpaired) electrons. The van der Waals surface area contributed by atoms with Crippen LogP contribution in [-0.4, -0.2) is 49.9 Å². The number of nitrogens with zero attached hydrogens (tertiary/aromatic N) is 1. The van der Waals surface area contributed by atoms with Crippen molar-refractivity contribution < 1.29 is 14.4 Å². The molecule has 132 valence electrons. The van der Waals surface area contributed by atoms with Gasteiger partial charge in [-0.3, -0.25) is 14.9 Å². The molecule has 1 rings (SSSR count). The minimum Gasteiger partial charge on any atom is -0.375 e. The first kappa shape index (κ1) is 19.8. The number of amides is 4. The summed E-state index contributed by atoms with van der Waals surface area (Å²) in [4.78, 5) is 36.9. The molecule has 0 aromatic heterocycles. The average molecular weight is 355 g/mol. The Morgan fingerprint density at radius 3 is 2.46 bits per heavy atom. The van der Waals surface area contributed by atoms with Crippen LogP contribution in [0.25, 0.3) is 0 Å². The maximum absolute atomic E-state index is 12.1. The molecule has 7 nitrogen and oxygen atoms in total. The number of anilines is 1. The summed E-state index contributed by atoms with van der Waals surface area (Å²) >= 11 is 5.94. The summed E-state index contributed by atoms with van der Waals surface area (Å²) in [6, 6.07) is 4.19. The Bertz CT molecular complexity index is 617. The molecule has 0 fully saturated rings. The van der Waals surface area contributed by atoms with Gasteiger partial charge in [-0.05, 0) is 24.1 Å². The molecule has 0 aliphatic rings. The van der Waals surface area contributed by atoms with E-state index in [0.717, 1.165) is 0 Å². The lowest BCUT2D eigenvalue weighted by Gasteiger charge is -2.15. The lowest BCUT2D eigenvalue weighted by molar-refractivity contribution is -0.118. The topological polar surface area (TPSA) is 90.5 Å². The molecule has 0 saturated carbocycles. The Morgan fingerprint density at radius 1 is 1.21 bits per heavy atom. The summed E-state index contributed by atoms with van der Waals surface area (Å²) in [5.74, 6) is -0.446.